The van der Waals surface area contributed by atoms with Crippen molar-refractivity contribution in [1.29, 1.82) is 0 Å². The van der Waals surface area contributed by atoms with Gasteiger partial charge in [0.1, 0.15) is 6.04 Å². The lowest BCUT2D eigenvalue weighted by Gasteiger charge is -2.27. The van der Waals surface area contributed by atoms with Crippen molar-refractivity contribution in [3.05, 3.63) is 0 Å². The van der Waals surface area contributed by atoms with Crippen LogP contribution in [0.5, 0.6) is 0 Å². The fourth-order valence-corrected chi connectivity index (χ4v) is 1.64. The topological polar surface area (TPSA) is 78.5 Å². The van der Waals surface area contributed by atoms with E-state index in [1.807, 2.05) is 13.8 Å². The minimum atomic E-state index is -0.650. The molecule has 0 bridgehead atoms. The molecule has 0 saturated carbocycles. The molecule has 0 spiro atoms. The van der Waals surface area contributed by atoms with Crippen molar-refractivity contribution in [3.63, 3.8) is 0 Å². The standard InChI is InChI=1S/C15H29N3O3/c1-8-18(9-12(19)16-10(2)3)13(20)11(4)17-14(21)15(5,6)7/h10-11H,8-9H2,1-7H3,(H,16,19)(H,17,21). The van der Waals surface area contributed by atoms with E-state index >= 15 is 0 Å². The van der Waals surface area contributed by atoms with Gasteiger partial charge < -0.3 is 15.5 Å². The van der Waals surface area contributed by atoms with Crippen LogP contribution >= 0.6 is 0 Å². The van der Waals surface area contributed by atoms with E-state index in [1.54, 1.807) is 34.6 Å². The zero-order valence-corrected chi connectivity index (χ0v) is 14.2. The number of nitrogens with one attached hydrogen (secondary N) is 2. The number of amides is 3. The van der Waals surface area contributed by atoms with Crippen molar-refractivity contribution in [2.45, 2.75) is 60.5 Å². The van der Waals surface area contributed by atoms with Gasteiger partial charge in [-0.05, 0) is 27.7 Å². The Balaban J connectivity index is 4.64. The first kappa shape index (κ1) is 19.4. The molecule has 21 heavy (non-hydrogen) atoms. The Bertz CT molecular complexity index is 386. The quantitative estimate of drug-likeness (QED) is 0.765. The predicted molar refractivity (Wildman–Crippen MR) is 82.6 cm³/mol. The van der Waals surface area contributed by atoms with Crippen LogP contribution < -0.4 is 10.6 Å². The van der Waals surface area contributed by atoms with Gasteiger partial charge in [0.05, 0.1) is 6.54 Å². The molecule has 6 nitrogen and oxygen atoms in total. The Morgan fingerprint density at radius 3 is 1.95 bits per heavy atom. The lowest BCUT2D eigenvalue weighted by molar-refractivity contribution is -0.140. The Labute approximate surface area is 127 Å². The maximum Gasteiger partial charge on any atom is 0.245 e. The van der Waals surface area contributed by atoms with Crippen molar-refractivity contribution < 1.29 is 14.4 Å². The van der Waals surface area contributed by atoms with Crippen molar-refractivity contribution in [2.75, 3.05) is 13.1 Å². The van der Waals surface area contributed by atoms with Gasteiger partial charge in [0, 0.05) is 18.0 Å². The molecule has 0 aliphatic heterocycles. The van der Waals surface area contributed by atoms with Gasteiger partial charge in [-0.2, -0.15) is 0 Å². The highest BCUT2D eigenvalue weighted by Gasteiger charge is 2.27. The summed E-state index contributed by atoms with van der Waals surface area (Å²) in [6.45, 7) is 12.9. The monoisotopic (exact) mass is 299 g/mol. The van der Waals surface area contributed by atoms with Crippen LogP contribution in [-0.2, 0) is 14.4 Å². The smallest absolute Gasteiger partial charge is 0.245 e. The summed E-state index contributed by atoms with van der Waals surface area (Å²) in [5.41, 5.74) is -0.555. The van der Waals surface area contributed by atoms with Gasteiger partial charge in [-0.25, -0.2) is 0 Å². The summed E-state index contributed by atoms with van der Waals surface area (Å²) >= 11 is 0. The molecule has 0 aromatic heterocycles. The van der Waals surface area contributed by atoms with E-state index in [2.05, 4.69) is 10.6 Å². The Hall–Kier alpha value is -1.59. The molecule has 0 radical (unpaired) electrons. The van der Waals surface area contributed by atoms with Gasteiger partial charge in [-0.15, -0.1) is 0 Å². The molecule has 0 aliphatic rings. The van der Waals surface area contributed by atoms with Crippen LogP contribution in [0.1, 0.15) is 48.5 Å². The Morgan fingerprint density at radius 2 is 1.57 bits per heavy atom. The highest BCUT2D eigenvalue weighted by Crippen LogP contribution is 2.13. The second-order valence-corrected chi connectivity index (χ2v) is 6.52. The summed E-state index contributed by atoms with van der Waals surface area (Å²) in [6.07, 6.45) is 0. The molecule has 122 valence electrons. The Kier molecular flexibility index (Phi) is 7.39. The number of nitrogens with zero attached hydrogens (tertiary/aromatic N) is 1. The number of rotatable bonds is 6. The van der Waals surface area contributed by atoms with Crippen LogP contribution in [0.15, 0.2) is 0 Å². The van der Waals surface area contributed by atoms with Gasteiger partial charge >= 0.3 is 0 Å². The molecule has 3 amide bonds. The number of hydrogen-bond acceptors (Lipinski definition) is 3. The molecule has 2 N–H and O–H groups in total. The third kappa shape index (κ3) is 7.11. The SMILES string of the molecule is CCN(CC(=O)NC(C)C)C(=O)C(C)NC(=O)C(C)(C)C. The summed E-state index contributed by atoms with van der Waals surface area (Å²) in [5, 5.41) is 5.43. The largest absolute Gasteiger partial charge is 0.352 e. The molecule has 0 fully saturated rings. The number of carbonyl (C=O) groups excluding carboxylic acids is 3. The molecule has 0 rings (SSSR count). The zero-order chi connectivity index (χ0) is 16.8. The van der Waals surface area contributed by atoms with Crippen molar-refractivity contribution >= 4 is 17.7 Å². The van der Waals surface area contributed by atoms with Crippen molar-refractivity contribution in [1.82, 2.24) is 15.5 Å². The highest BCUT2D eigenvalue weighted by atomic mass is 16.2. The van der Waals surface area contributed by atoms with Crippen LogP contribution in [0, 0.1) is 5.41 Å². The maximum absolute atomic E-state index is 12.3. The molecule has 0 saturated heterocycles. The van der Waals surface area contributed by atoms with Crippen molar-refractivity contribution in [2.24, 2.45) is 5.41 Å². The molecule has 1 atom stereocenters. The Morgan fingerprint density at radius 1 is 1.05 bits per heavy atom. The molecule has 0 aromatic rings. The van der Waals surface area contributed by atoms with Gasteiger partial charge in [0.25, 0.3) is 0 Å². The fraction of sp³-hybridized carbons (Fsp3) is 0.800. The zero-order valence-electron chi connectivity index (χ0n) is 14.2. The van der Waals surface area contributed by atoms with Crippen LogP contribution in [-0.4, -0.2) is 47.8 Å². The number of hydrogen-bond donors (Lipinski definition) is 2. The molecule has 0 heterocycles. The van der Waals surface area contributed by atoms with E-state index in [-0.39, 0.29) is 30.3 Å². The van der Waals surface area contributed by atoms with E-state index in [0.717, 1.165) is 0 Å². The minimum Gasteiger partial charge on any atom is -0.352 e. The van der Waals surface area contributed by atoms with Crippen LogP contribution in [0.25, 0.3) is 0 Å². The van der Waals surface area contributed by atoms with E-state index in [9.17, 15) is 14.4 Å². The van der Waals surface area contributed by atoms with E-state index in [4.69, 9.17) is 0 Å². The van der Waals surface area contributed by atoms with Gasteiger partial charge in [-0.1, -0.05) is 20.8 Å². The summed E-state index contributed by atoms with van der Waals surface area (Å²) in [5.74, 6) is -0.644. The third-order valence-corrected chi connectivity index (χ3v) is 2.88. The van der Waals surface area contributed by atoms with Gasteiger partial charge in [-0.3, -0.25) is 14.4 Å². The maximum atomic E-state index is 12.3. The second-order valence-electron chi connectivity index (χ2n) is 6.52. The normalized spacial score (nSPS) is 12.8. The number of likely N-dealkylation sites (N-methyl/N-ethyl adjacent to an activating group) is 1. The van der Waals surface area contributed by atoms with Crippen LogP contribution in [0.3, 0.4) is 0 Å². The molecular formula is C15H29N3O3. The molecule has 1 unspecified atom stereocenters. The predicted octanol–water partition coefficient (Wildman–Crippen LogP) is 0.910. The lowest BCUT2D eigenvalue weighted by atomic mass is 9.95. The first-order chi connectivity index (χ1) is 9.48. The summed E-state index contributed by atoms with van der Waals surface area (Å²) in [6, 6.07) is -0.618. The van der Waals surface area contributed by atoms with Crippen LogP contribution in [0.2, 0.25) is 0 Å². The van der Waals surface area contributed by atoms with E-state index in [0.29, 0.717) is 6.54 Å². The number of carbonyl (C=O) groups is 3. The van der Waals surface area contributed by atoms with E-state index in [1.165, 1.54) is 4.90 Å². The molecule has 6 heteroatoms. The summed E-state index contributed by atoms with van der Waals surface area (Å²) in [4.78, 5) is 37.4. The average Bonchev–Trinajstić information content (AvgIpc) is 2.32. The molecule has 0 aromatic carbocycles. The summed E-state index contributed by atoms with van der Waals surface area (Å²) in [7, 11) is 0. The van der Waals surface area contributed by atoms with E-state index < -0.39 is 11.5 Å². The third-order valence-electron chi connectivity index (χ3n) is 2.88. The average molecular weight is 299 g/mol. The van der Waals surface area contributed by atoms with Crippen molar-refractivity contribution in [3.8, 4) is 0 Å². The second kappa shape index (κ2) is 8.00. The van der Waals surface area contributed by atoms with Crippen LogP contribution in [0.4, 0.5) is 0 Å². The first-order valence-electron chi connectivity index (χ1n) is 7.38. The molecular weight excluding hydrogens is 270 g/mol. The summed E-state index contributed by atoms with van der Waals surface area (Å²) < 4.78 is 0. The van der Waals surface area contributed by atoms with Gasteiger partial charge in [0.2, 0.25) is 17.7 Å². The van der Waals surface area contributed by atoms with Gasteiger partial charge in [0.15, 0.2) is 0 Å². The lowest BCUT2D eigenvalue weighted by Crippen LogP contribution is -2.52. The fourth-order valence-electron chi connectivity index (χ4n) is 1.64. The first-order valence-corrected chi connectivity index (χ1v) is 7.38. The minimum absolute atomic E-state index is 0.00322. The highest BCUT2D eigenvalue weighted by molar-refractivity contribution is 5.91. The molecule has 0 aliphatic carbocycles.